The number of benzene rings is 1. The molecule has 0 saturated heterocycles. The van der Waals surface area contributed by atoms with Crippen LogP contribution in [0.15, 0.2) is 24.4 Å². The molecular formula is C11H14N2O2SV. The van der Waals surface area contributed by atoms with Crippen molar-refractivity contribution in [3.05, 3.63) is 35.5 Å². The molecule has 0 amide bonds. The SMILES string of the molecule is CNS(=O)(=O)Cc1ccc2[nH]cc(C)c2c1.[V]. The molecule has 17 heavy (non-hydrogen) atoms. The second-order valence-corrected chi connectivity index (χ2v) is 5.74. The maximum Gasteiger partial charge on any atom is 0.215 e. The van der Waals surface area contributed by atoms with Crippen LogP contribution in [0.25, 0.3) is 10.9 Å². The quantitative estimate of drug-likeness (QED) is 0.900. The van der Waals surface area contributed by atoms with E-state index in [9.17, 15) is 8.42 Å². The van der Waals surface area contributed by atoms with Gasteiger partial charge in [0, 0.05) is 35.7 Å². The summed E-state index contributed by atoms with van der Waals surface area (Å²) in [6, 6.07) is 5.64. The fraction of sp³-hybridized carbons (Fsp3) is 0.273. The number of fused-ring (bicyclic) bond motifs is 1. The molecule has 0 atom stereocenters. The van der Waals surface area contributed by atoms with Crippen molar-refractivity contribution in [1.82, 2.24) is 9.71 Å². The number of aromatic amines is 1. The predicted octanol–water partition coefficient (Wildman–Crippen LogP) is 1.52. The van der Waals surface area contributed by atoms with E-state index in [1.165, 1.54) is 7.05 Å². The second-order valence-electron chi connectivity index (χ2n) is 3.81. The van der Waals surface area contributed by atoms with Crippen molar-refractivity contribution in [3.63, 3.8) is 0 Å². The van der Waals surface area contributed by atoms with Crippen LogP contribution in [0.3, 0.4) is 0 Å². The summed E-state index contributed by atoms with van der Waals surface area (Å²) in [5.41, 5.74) is 2.95. The van der Waals surface area contributed by atoms with Gasteiger partial charge >= 0.3 is 0 Å². The van der Waals surface area contributed by atoms with E-state index in [1.54, 1.807) is 0 Å². The monoisotopic (exact) mass is 289 g/mol. The Kier molecular flexibility index (Phi) is 4.44. The molecule has 0 fully saturated rings. The molecule has 0 aliphatic heterocycles. The topological polar surface area (TPSA) is 62.0 Å². The average molecular weight is 289 g/mol. The van der Waals surface area contributed by atoms with Crippen LogP contribution in [-0.2, 0) is 34.3 Å². The van der Waals surface area contributed by atoms with Crippen molar-refractivity contribution in [2.75, 3.05) is 7.05 Å². The van der Waals surface area contributed by atoms with Crippen LogP contribution >= 0.6 is 0 Å². The molecule has 0 aliphatic carbocycles. The summed E-state index contributed by atoms with van der Waals surface area (Å²) in [6.45, 7) is 2.00. The number of hydrogen-bond donors (Lipinski definition) is 2. The van der Waals surface area contributed by atoms with E-state index in [-0.39, 0.29) is 24.3 Å². The first kappa shape index (κ1) is 14.3. The zero-order valence-electron chi connectivity index (χ0n) is 9.69. The van der Waals surface area contributed by atoms with E-state index in [1.807, 2.05) is 31.3 Å². The Hall–Kier alpha value is -0.746. The zero-order chi connectivity index (χ0) is 11.8. The van der Waals surface area contributed by atoms with Gasteiger partial charge in [-0.1, -0.05) is 6.07 Å². The molecule has 1 heterocycles. The van der Waals surface area contributed by atoms with Crippen molar-refractivity contribution in [2.24, 2.45) is 0 Å². The second kappa shape index (κ2) is 5.27. The van der Waals surface area contributed by atoms with Crippen molar-refractivity contribution in [1.29, 1.82) is 0 Å². The fourth-order valence-corrected chi connectivity index (χ4v) is 2.45. The van der Waals surface area contributed by atoms with Crippen LogP contribution in [-0.4, -0.2) is 20.4 Å². The number of H-pyrrole nitrogens is 1. The van der Waals surface area contributed by atoms with Gasteiger partial charge in [-0.25, -0.2) is 13.1 Å². The molecule has 6 heteroatoms. The van der Waals surface area contributed by atoms with Gasteiger partial charge in [0.1, 0.15) is 0 Å². The maximum atomic E-state index is 11.4. The van der Waals surface area contributed by atoms with E-state index in [0.29, 0.717) is 0 Å². The molecule has 4 nitrogen and oxygen atoms in total. The molecule has 0 spiro atoms. The normalized spacial score (nSPS) is 11.4. The van der Waals surface area contributed by atoms with Crippen molar-refractivity contribution >= 4 is 20.9 Å². The van der Waals surface area contributed by atoms with E-state index in [4.69, 9.17) is 0 Å². The Labute approximate surface area is 113 Å². The van der Waals surface area contributed by atoms with E-state index in [0.717, 1.165) is 22.0 Å². The van der Waals surface area contributed by atoms with Crippen molar-refractivity contribution < 1.29 is 27.0 Å². The molecule has 0 bridgehead atoms. The van der Waals surface area contributed by atoms with Gasteiger partial charge in [0.05, 0.1) is 5.75 Å². The number of aryl methyl sites for hydroxylation is 1. The minimum atomic E-state index is -3.20. The van der Waals surface area contributed by atoms with Gasteiger partial charge in [0.15, 0.2) is 0 Å². The molecule has 1 aromatic carbocycles. The molecule has 0 unspecified atom stereocenters. The molecule has 0 aliphatic rings. The Morgan fingerprint density at radius 3 is 2.71 bits per heavy atom. The summed E-state index contributed by atoms with van der Waals surface area (Å²) >= 11 is 0. The van der Waals surface area contributed by atoms with Gasteiger partial charge in [0.2, 0.25) is 10.0 Å². The van der Waals surface area contributed by atoms with Crippen molar-refractivity contribution in [2.45, 2.75) is 12.7 Å². The molecule has 1 radical (unpaired) electrons. The fourth-order valence-electron chi connectivity index (χ4n) is 1.69. The standard InChI is InChI=1S/C11H14N2O2S.V/c1-8-6-13-11-4-3-9(5-10(8)11)7-16(14,15)12-2;/h3-6,12-13H,7H2,1-2H3;. The predicted molar refractivity (Wildman–Crippen MR) is 64.7 cm³/mol. The van der Waals surface area contributed by atoms with Crippen LogP contribution in [0.2, 0.25) is 0 Å². The van der Waals surface area contributed by atoms with Gasteiger partial charge < -0.3 is 4.98 Å². The third-order valence-electron chi connectivity index (χ3n) is 2.62. The number of aromatic nitrogens is 1. The molecular weight excluding hydrogens is 275 g/mol. The van der Waals surface area contributed by atoms with E-state index < -0.39 is 10.0 Å². The third kappa shape index (κ3) is 3.13. The third-order valence-corrected chi connectivity index (χ3v) is 3.96. The average Bonchev–Trinajstić information content (AvgIpc) is 2.60. The molecule has 0 saturated carbocycles. The Morgan fingerprint density at radius 1 is 1.35 bits per heavy atom. The van der Waals surface area contributed by atoms with Gasteiger partial charge in [0.25, 0.3) is 0 Å². The molecule has 1 aromatic heterocycles. The van der Waals surface area contributed by atoms with Crippen molar-refractivity contribution in [3.8, 4) is 0 Å². The Bertz CT molecular complexity index is 619. The van der Waals surface area contributed by atoms with E-state index in [2.05, 4.69) is 9.71 Å². The minimum absolute atomic E-state index is 0. The van der Waals surface area contributed by atoms with Crippen LogP contribution in [0.1, 0.15) is 11.1 Å². The number of nitrogens with one attached hydrogen (secondary N) is 2. The summed E-state index contributed by atoms with van der Waals surface area (Å²) in [5, 5.41) is 1.07. The Balaban J connectivity index is 0.00000144. The van der Waals surface area contributed by atoms with Gasteiger partial charge in [-0.2, -0.15) is 0 Å². The summed E-state index contributed by atoms with van der Waals surface area (Å²) in [7, 11) is -1.77. The summed E-state index contributed by atoms with van der Waals surface area (Å²) < 4.78 is 25.1. The summed E-state index contributed by atoms with van der Waals surface area (Å²) in [6.07, 6.45) is 1.92. The van der Waals surface area contributed by atoms with Gasteiger partial charge in [-0.15, -0.1) is 0 Å². The first-order chi connectivity index (χ1) is 7.52. The minimum Gasteiger partial charge on any atom is -0.361 e. The molecule has 2 rings (SSSR count). The summed E-state index contributed by atoms with van der Waals surface area (Å²) in [4.78, 5) is 3.13. The maximum absolute atomic E-state index is 11.4. The van der Waals surface area contributed by atoms with E-state index >= 15 is 0 Å². The number of sulfonamides is 1. The van der Waals surface area contributed by atoms with Crippen LogP contribution in [0, 0.1) is 6.92 Å². The Morgan fingerprint density at radius 2 is 2.06 bits per heavy atom. The molecule has 2 N–H and O–H groups in total. The van der Waals surface area contributed by atoms with Crippen LogP contribution in [0.5, 0.6) is 0 Å². The largest absolute Gasteiger partial charge is 0.361 e. The first-order valence-electron chi connectivity index (χ1n) is 5.00. The van der Waals surface area contributed by atoms with Gasteiger partial charge in [-0.05, 0) is 37.2 Å². The number of rotatable bonds is 3. The summed E-state index contributed by atoms with van der Waals surface area (Å²) in [5.74, 6) is 0.0179. The zero-order valence-corrected chi connectivity index (χ0v) is 11.9. The molecule has 91 valence electrons. The molecule has 2 aromatic rings. The smallest absolute Gasteiger partial charge is 0.215 e. The number of hydrogen-bond acceptors (Lipinski definition) is 2. The first-order valence-corrected chi connectivity index (χ1v) is 6.65. The van der Waals surface area contributed by atoms with Gasteiger partial charge in [-0.3, -0.25) is 0 Å². The van der Waals surface area contributed by atoms with Crippen LogP contribution in [0.4, 0.5) is 0 Å². The van der Waals surface area contributed by atoms with Crippen LogP contribution < -0.4 is 4.72 Å².